The lowest BCUT2D eigenvalue weighted by Gasteiger charge is -2.25. The van der Waals surface area contributed by atoms with E-state index < -0.39 is 34.7 Å². The quantitative estimate of drug-likeness (QED) is 0.505. The van der Waals surface area contributed by atoms with Crippen molar-refractivity contribution in [2.75, 3.05) is 20.3 Å². The first-order chi connectivity index (χ1) is 9.19. The Balaban J connectivity index is 3.14. The summed E-state index contributed by atoms with van der Waals surface area (Å²) in [5.41, 5.74) is -1.19. The number of amides is 1. The topological polar surface area (TPSA) is 121 Å². The van der Waals surface area contributed by atoms with Crippen molar-refractivity contribution in [1.29, 1.82) is 0 Å². The van der Waals surface area contributed by atoms with Gasteiger partial charge in [0, 0.05) is 20.3 Å². The van der Waals surface area contributed by atoms with Crippen LogP contribution in [0.4, 0.5) is 0 Å². The van der Waals surface area contributed by atoms with Gasteiger partial charge in [-0.15, -0.1) is 0 Å². The Kier molecular flexibility index (Phi) is 4.92. The molecule has 0 bridgehead atoms. The highest BCUT2D eigenvalue weighted by Gasteiger charge is 2.30. The van der Waals surface area contributed by atoms with Crippen LogP contribution in [-0.4, -0.2) is 54.9 Å². The summed E-state index contributed by atoms with van der Waals surface area (Å²) < 4.78 is 27.9. The van der Waals surface area contributed by atoms with Crippen LogP contribution in [0.15, 0.2) is 17.2 Å². The molecule has 8 nitrogen and oxygen atoms in total. The molecule has 9 heteroatoms. The molecule has 0 saturated heterocycles. The highest BCUT2D eigenvalue weighted by atomic mass is 32.2. The number of rotatable bonds is 6. The number of sulfonamides is 1. The minimum atomic E-state index is -3.96. The van der Waals surface area contributed by atoms with Gasteiger partial charge in [-0.05, 0) is 13.0 Å². The van der Waals surface area contributed by atoms with Gasteiger partial charge in [-0.2, -0.15) is 0 Å². The largest absolute Gasteiger partial charge is 0.394 e. The van der Waals surface area contributed by atoms with Crippen molar-refractivity contribution in [2.24, 2.45) is 7.05 Å². The van der Waals surface area contributed by atoms with Crippen molar-refractivity contribution in [3.05, 3.63) is 18.0 Å². The van der Waals surface area contributed by atoms with Crippen molar-refractivity contribution in [3.8, 4) is 0 Å². The van der Waals surface area contributed by atoms with Gasteiger partial charge in [-0.1, -0.05) is 0 Å². The average molecular weight is 305 g/mol. The first-order valence-electron chi connectivity index (χ1n) is 5.83. The summed E-state index contributed by atoms with van der Waals surface area (Å²) in [5, 5.41) is 20.7. The second-order valence-electron chi connectivity index (χ2n) is 4.73. The number of aliphatic hydroxyl groups excluding tert-OH is 2. The minimum absolute atomic E-state index is 0.119. The number of aromatic nitrogens is 1. The summed E-state index contributed by atoms with van der Waals surface area (Å²) in [6.45, 7) is 0.253. The molecule has 1 rings (SSSR count). The van der Waals surface area contributed by atoms with Gasteiger partial charge in [0.1, 0.15) is 10.6 Å². The molecule has 0 radical (unpaired) electrons. The van der Waals surface area contributed by atoms with Gasteiger partial charge in [-0.3, -0.25) is 4.79 Å². The zero-order valence-corrected chi connectivity index (χ0v) is 12.4. The Morgan fingerprint density at radius 2 is 1.95 bits per heavy atom. The molecule has 20 heavy (non-hydrogen) atoms. The zero-order chi connectivity index (χ0) is 15.6. The highest BCUT2D eigenvalue weighted by Crippen LogP contribution is 2.16. The number of nitrogens with zero attached hydrogens (tertiary/aromatic N) is 1. The van der Waals surface area contributed by atoms with E-state index in [0.717, 1.165) is 0 Å². The number of hydrogen-bond donors (Lipinski definition) is 4. The molecule has 0 atom stereocenters. The lowest BCUT2D eigenvalue weighted by atomic mass is 10.1. The van der Waals surface area contributed by atoms with Crippen LogP contribution in [0.25, 0.3) is 0 Å². The van der Waals surface area contributed by atoms with Gasteiger partial charge in [0.2, 0.25) is 10.0 Å². The molecule has 0 aromatic carbocycles. The lowest BCUT2D eigenvalue weighted by molar-refractivity contribution is 0.0955. The van der Waals surface area contributed by atoms with Crippen molar-refractivity contribution in [1.82, 2.24) is 14.6 Å². The van der Waals surface area contributed by atoms with Crippen molar-refractivity contribution < 1.29 is 23.4 Å². The molecule has 0 aliphatic rings. The Morgan fingerprint density at radius 3 is 2.40 bits per heavy atom. The molecule has 0 unspecified atom stereocenters. The average Bonchev–Trinajstić information content (AvgIpc) is 2.80. The molecule has 114 valence electrons. The van der Waals surface area contributed by atoms with E-state index in [1.807, 2.05) is 0 Å². The third kappa shape index (κ3) is 3.37. The minimum Gasteiger partial charge on any atom is -0.394 e. The van der Waals surface area contributed by atoms with Gasteiger partial charge >= 0.3 is 0 Å². The Labute approximate surface area is 117 Å². The normalized spacial score (nSPS) is 12.4. The van der Waals surface area contributed by atoms with Gasteiger partial charge in [-0.25, -0.2) is 13.1 Å². The number of nitrogens with one attached hydrogen (secondary N) is 2. The summed E-state index contributed by atoms with van der Waals surface area (Å²) in [6, 6.07) is 1.22. The first kappa shape index (κ1) is 16.6. The van der Waals surface area contributed by atoms with Crippen LogP contribution in [0.5, 0.6) is 0 Å². The Hall–Kier alpha value is -1.42. The van der Waals surface area contributed by atoms with Gasteiger partial charge < -0.3 is 20.1 Å². The molecule has 0 fully saturated rings. The molecule has 1 aromatic heterocycles. The Bertz CT molecular complexity index is 589. The molecular formula is C11H19N3O5S. The molecule has 1 heterocycles. The van der Waals surface area contributed by atoms with Crippen LogP contribution in [0.2, 0.25) is 0 Å². The fourth-order valence-corrected chi connectivity index (χ4v) is 2.99. The molecule has 0 aliphatic carbocycles. The first-order valence-corrected chi connectivity index (χ1v) is 7.31. The number of carbonyl (C=O) groups is 1. The van der Waals surface area contributed by atoms with Gasteiger partial charge in [0.05, 0.1) is 18.8 Å². The monoisotopic (exact) mass is 305 g/mol. The number of aryl methyl sites for hydroxylation is 1. The van der Waals surface area contributed by atoms with E-state index in [9.17, 15) is 13.2 Å². The third-order valence-corrected chi connectivity index (χ3v) is 4.43. The molecule has 0 saturated carbocycles. The predicted molar refractivity (Wildman–Crippen MR) is 71.7 cm³/mol. The number of aliphatic hydroxyl groups is 2. The molecular weight excluding hydrogens is 286 g/mol. The third-order valence-electron chi connectivity index (χ3n) is 2.83. The number of hydrogen-bond acceptors (Lipinski definition) is 5. The second-order valence-corrected chi connectivity index (χ2v) is 6.42. The standard InChI is InChI=1S/C11H19N3O5S/c1-11(6-15,7-16)13-20(18,19)8-4-9(10(17)12-2)14(3)5-8/h4-5,13,15-16H,6-7H2,1-3H3,(H,12,17). The van der Waals surface area contributed by atoms with E-state index in [4.69, 9.17) is 10.2 Å². The van der Waals surface area contributed by atoms with E-state index >= 15 is 0 Å². The van der Waals surface area contributed by atoms with Crippen molar-refractivity contribution in [2.45, 2.75) is 17.4 Å². The fraction of sp³-hybridized carbons (Fsp3) is 0.545. The summed E-state index contributed by atoms with van der Waals surface area (Å²) >= 11 is 0. The summed E-state index contributed by atoms with van der Waals surface area (Å²) in [7, 11) is -0.973. The predicted octanol–water partition coefficient (Wildman–Crippen LogP) is -1.59. The van der Waals surface area contributed by atoms with Crippen molar-refractivity contribution in [3.63, 3.8) is 0 Å². The van der Waals surface area contributed by atoms with E-state index in [1.54, 1.807) is 7.05 Å². The fourth-order valence-electron chi connectivity index (χ4n) is 1.53. The van der Waals surface area contributed by atoms with Crippen LogP contribution in [0, 0.1) is 0 Å². The van der Waals surface area contributed by atoms with E-state index in [-0.39, 0.29) is 10.6 Å². The Morgan fingerprint density at radius 1 is 1.40 bits per heavy atom. The van der Waals surface area contributed by atoms with Gasteiger partial charge in [0.25, 0.3) is 5.91 Å². The second kappa shape index (κ2) is 5.92. The maximum atomic E-state index is 12.2. The highest BCUT2D eigenvalue weighted by molar-refractivity contribution is 7.89. The number of carbonyl (C=O) groups excluding carboxylic acids is 1. The smallest absolute Gasteiger partial charge is 0.267 e. The summed E-state index contributed by atoms with van der Waals surface area (Å²) in [4.78, 5) is 11.4. The van der Waals surface area contributed by atoms with E-state index in [1.165, 1.54) is 30.8 Å². The maximum absolute atomic E-state index is 12.2. The SMILES string of the molecule is CNC(=O)c1cc(S(=O)(=O)NC(C)(CO)CO)cn1C. The molecule has 1 amide bonds. The summed E-state index contributed by atoms with van der Waals surface area (Å²) in [6.07, 6.45) is 1.28. The summed E-state index contributed by atoms with van der Waals surface area (Å²) in [5.74, 6) is -0.416. The van der Waals surface area contributed by atoms with E-state index in [2.05, 4.69) is 10.0 Å². The van der Waals surface area contributed by atoms with E-state index in [0.29, 0.717) is 0 Å². The zero-order valence-electron chi connectivity index (χ0n) is 11.5. The molecule has 4 N–H and O–H groups in total. The van der Waals surface area contributed by atoms with Crippen LogP contribution >= 0.6 is 0 Å². The van der Waals surface area contributed by atoms with Crippen LogP contribution in [0.1, 0.15) is 17.4 Å². The molecule has 0 spiro atoms. The van der Waals surface area contributed by atoms with Crippen LogP contribution in [0.3, 0.4) is 0 Å². The lowest BCUT2D eigenvalue weighted by Crippen LogP contribution is -2.51. The molecule has 0 aliphatic heterocycles. The van der Waals surface area contributed by atoms with Gasteiger partial charge in [0.15, 0.2) is 0 Å². The van der Waals surface area contributed by atoms with Crippen molar-refractivity contribution >= 4 is 15.9 Å². The molecule has 1 aromatic rings. The maximum Gasteiger partial charge on any atom is 0.267 e. The van der Waals surface area contributed by atoms with Crippen LogP contribution in [-0.2, 0) is 17.1 Å². The van der Waals surface area contributed by atoms with Crippen LogP contribution < -0.4 is 10.0 Å².